The molecule has 0 aromatic heterocycles. The molecule has 8 heteroatoms. The van der Waals surface area contributed by atoms with Gasteiger partial charge in [0.05, 0.1) is 11.0 Å². The Hall–Kier alpha value is -3.10. The Bertz CT molecular complexity index is 1930. The number of rotatable bonds is 6. The fraction of sp³-hybridized carbons (Fsp3) is 0.702. The molecule has 294 valence electrons. The molecular formula is C47H61N3O5. The molecule has 1 aromatic carbocycles. The van der Waals surface area contributed by atoms with Gasteiger partial charge >= 0.3 is 11.9 Å². The molecule has 9 aliphatic heterocycles. The summed E-state index contributed by atoms with van der Waals surface area (Å²) in [6.45, 7) is 8.45. The number of ether oxygens (including phenoxy) is 2. The van der Waals surface area contributed by atoms with Gasteiger partial charge in [0, 0.05) is 61.2 Å². The molecule has 11 atom stereocenters. The van der Waals surface area contributed by atoms with Crippen molar-refractivity contribution < 1.29 is 24.2 Å². The number of nitrogens with two attached hydrogens (primary N) is 1. The molecule has 9 heterocycles. The highest BCUT2D eigenvalue weighted by Crippen LogP contribution is 2.85. The first-order valence-electron chi connectivity index (χ1n) is 22.4. The van der Waals surface area contributed by atoms with Crippen molar-refractivity contribution in [3.8, 4) is 0 Å². The number of benzene rings is 1. The van der Waals surface area contributed by atoms with E-state index in [1.807, 2.05) is 6.07 Å². The van der Waals surface area contributed by atoms with Crippen LogP contribution in [0.4, 0.5) is 0 Å². The second kappa shape index (κ2) is 12.4. The number of esters is 2. The summed E-state index contributed by atoms with van der Waals surface area (Å²) in [5.41, 5.74) is 10.1. The monoisotopic (exact) mass is 747 g/mol. The van der Waals surface area contributed by atoms with Gasteiger partial charge in [-0.05, 0) is 113 Å². The molecule has 2 saturated carbocycles. The first-order valence-corrected chi connectivity index (χ1v) is 22.4. The lowest BCUT2D eigenvalue weighted by molar-refractivity contribution is -0.272. The molecule has 0 amide bonds. The maximum atomic E-state index is 15.2. The quantitative estimate of drug-likeness (QED) is 0.223. The van der Waals surface area contributed by atoms with Crippen LogP contribution in [0.5, 0.6) is 0 Å². The average molecular weight is 748 g/mol. The lowest BCUT2D eigenvalue weighted by atomic mass is 9.31. The molecule has 13 aliphatic rings. The zero-order valence-electron chi connectivity index (χ0n) is 33.1. The molecule has 3 N–H and O–H groups in total. The lowest BCUT2D eigenvalue weighted by Gasteiger charge is -2.69. The third kappa shape index (κ3) is 4.42. The summed E-state index contributed by atoms with van der Waals surface area (Å²) in [7, 11) is 0. The van der Waals surface area contributed by atoms with E-state index in [2.05, 4.69) is 41.9 Å². The molecule has 5 fully saturated rings. The molecule has 11 unspecified atom stereocenters. The van der Waals surface area contributed by atoms with E-state index in [-0.39, 0.29) is 35.6 Å². The van der Waals surface area contributed by atoms with Gasteiger partial charge in [0.25, 0.3) is 0 Å². The molecule has 2 spiro atoms. The van der Waals surface area contributed by atoms with Gasteiger partial charge in [-0.3, -0.25) is 9.69 Å². The van der Waals surface area contributed by atoms with Crippen LogP contribution in [0.25, 0.3) is 0 Å². The lowest BCUT2D eigenvalue weighted by Crippen LogP contribution is -2.75. The van der Waals surface area contributed by atoms with Gasteiger partial charge in [0.15, 0.2) is 11.4 Å². The van der Waals surface area contributed by atoms with Crippen LogP contribution in [0, 0.1) is 46.3 Å². The van der Waals surface area contributed by atoms with Crippen LogP contribution in [0.2, 0.25) is 0 Å². The maximum absolute atomic E-state index is 15.2. The van der Waals surface area contributed by atoms with Crippen molar-refractivity contribution in [3.05, 3.63) is 69.3 Å². The number of hydrogen-bond donors (Lipinski definition) is 2. The number of aliphatic hydroxyl groups is 1. The summed E-state index contributed by atoms with van der Waals surface area (Å²) in [5.74, 6) is 2.45. The van der Waals surface area contributed by atoms with Gasteiger partial charge in [-0.15, -0.1) is 0 Å². The fourth-order valence-corrected chi connectivity index (χ4v) is 15.5. The number of hydrogen-bond acceptors (Lipinski definition) is 8. The highest BCUT2D eigenvalue weighted by Gasteiger charge is 2.91. The van der Waals surface area contributed by atoms with Gasteiger partial charge in [-0.1, -0.05) is 68.5 Å². The van der Waals surface area contributed by atoms with Crippen molar-refractivity contribution in [2.75, 3.05) is 26.2 Å². The summed E-state index contributed by atoms with van der Waals surface area (Å²) in [6.07, 6.45) is 18.2. The number of nitrogens with zero attached hydrogens (tertiary/aromatic N) is 2. The van der Waals surface area contributed by atoms with Gasteiger partial charge in [0.1, 0.15) is 11.2 Å². The minimum atomic E-state index is -1.09. The fourth-order valence-electron chi connectivity index (χ4n) is 15.5. The Kier molecular flexibility index (Phi) is 7.94. The number of fused-ring (bicyclic) bond motifs is 2. The molecule has 14 rings (SSSR count). The van der Waals surface area contributed by atoms with E-state index in [9.17, 15) is 9.90 Å². The summed E-state index contributed by atoms with van der Waals surface area (Å²) < 4.78 is 13.7. The van der Waals surface area contributed by atoms with E-state index in [1.165, 1.54) is 56.9 Å². The Balaban J connectivity index is 1.16. The summed E-state index contributed by atoms with van der Waals surface area (Å²) in [6, 6.07) is 6.96. The summed E-state index contributed by atoms with van der Waals surface area (Å²) in [4.78, 5) is 35.4. The first kappa shape index (κ1) is 35.1. The zero-order valence-corrected chi connectivity index (χ0v) is 33.1. The second-order valence-corrected chi connectivity index (χ2v) is 19.8. The van der Waals surface area contributed by atoms with E-state index in [1.54, 1.807) is 11.3 Å². The Morgan fingerprint density at radius 1 is 1.00 bits per heavy atom. The van der Waals surface area contributed by atoms with Crippen LogP contribution >= 0.6 is 0 Å². The first-order chi connectivity index (χ1) is 26.8. The predicted octanol–water partition coefficient (Wildman–Crippen LogP) is 8.07. The van der Waals surface area contributed by atoms with E-state index in [0.717, 1.165) is 62.9 Å². The predicted molar refractivity (Wildman–Crippen MR) is 209 cm³/mol. The zero-order chi connectivity index (χ0) is 37.4. The summed E-state index contributed by atoms with van der Waals surface area (Å²) in [5, 5.41) is 12.9. The Morgan fingerprint density at radius 2 is 1.85 bits per heavy atom. The Morgan fingerprint density at radius 3 is 2.67 bits per heavy atom. The Labute approximate surface area is 326 Å². The number of aliphatic hydroxyl groups excluding tert-OH is 1. The van der Waals surface area contributed by atoms with Crippen molar-refractivity contribution in [1.82, 2.24) is 9.80 Å². The molecule has 8 nitrogen and oxygen atoms in total. The van der Waals surface area contributed by atoms with Crippen LogP contribution in [-0.4, -0.2) is 65.1 Å². The molecule has 4 aliphatic carbocycles. The van der Waals surface area contributed by atoms with Crippen molar-refractivity contribution in [3.63, 3.8) is 0 Å². The summed E-state index contributed by atoms with van der Waals surface area (Å²) >= 11 is 0. The van der Waals surface area contributed by atoms with Crippen molar-refractivity contribution in [1.29, 1.82) is 0 Å². The largest absolute Gasteiger partial charge is 0.509 e. The number of carbonyl (C=O) groups excluding carboxylic acids is 2. The van der Waals surface area contributed by atoms with Crippen LogP contribution in [-0.2, 0) is 26.3 Å². The van der Waals surface area contributed by atoms with Crippen LogP contribution < -0.4 is 5.73 Å². The van der Waals surface area contributed by atoms with E-state index in [0.29, 0.717) is 66.8 Å². The van der Waals surface area contributed by atoms with Crippen LogP contribution in [0.1, 0.15) is 132 Å². The van der Waals surface area contributed by atoms with Crippen molar-refractivity contribution in [2.24, 2.45) is 52.1 Å². The van der Waals surface area contributed by atoms with E-state index in [4.69, 9.17) is 15.2 Å². The molecular weight excluding hydrogens is 687 g/mol. The highest BCUT2D eigenvalue weighted by atomic mass is 16.6. The molecule has 1 aromatic rings. The molecule has 0 radical (unpaired) electrons. The third-order valence-electron chi connectivity index (χ3n) is 17.2. The van der Waals surface area contributed by atoms with Crippen LogP contribution in [0.15, 0.2) is 52.6 Å². The van der Waals surface area contributed by atoms with Crippen molar-refractivity contribution in [2.45, 2.75) is 134 Å². The smallest absolute Gasteiger partial charge is 0.339 e. The van der Waals surface area contributed by atoms with Gasteiger partial charge in [-0.25, -0.2) is 4.79 Å². The topological polar surface area (TPSA) is 105 Å². The average Bonchev–Trinajstić information content (AvgIpc) is 3.89. The van der Waals surface area contributed by atoms with Gasteiger partial charge < -0.3 is 25.2 Å². The van der Waals surface area contributed by atoms with Gasteiger partial charge in [-0.2, -0.15) is 0 Å². The van der Waals surface area contributed by atoms with E-state index >= 15 is 4.79 Å². The molecule has 10 bridgehead atoms. The number of carbonyl (C=O) groups is 2. The maximum Gasteiger partial charge on any atom is 0.339 e. The SMILES string of the molecule is CCCC1C23C=C4CCC2(C(=C(O)CC(C2CCCC2)N2CC5CC(C2)C2CCC6=C(C4CC(C)C6)N2C5)OC3=O)C12OC(=O)c1c(CCCN)cccc12. The third-order valence-corrected chi connectivity index (χ3v) is 17.2. The van der Waals surface area contributed by atoms with Crippen molar-refractivity contribution >= 4 is 11.9 Å². The minimum absolute atomic E-state index is 0.196. The number of allylic oxidation sites excluding steroid dienone is 2. The number of piperidine rings is 2. The normalized spacial score (nSPS) is 42.6. The van der Waals surface area contributed by atoms with E-state index < -0.39 is 16.4 Å². The van der Waals surface area contributed by atoms with Crippen LogP contribution in [0.3, 0.4) is 0 Å². The number of aryl methyl sites for hydroxylation is 1. The van der Waals surface area contributed by atoms with Gasteiger partial charge in [0.2, 0.25) is 0 Å². The second-order valence-electron chi connectivity index (χ2n) is 19.8. The molecule has 3 saturated heterocycles. The highest BCUT2D eigenvalue weighted by molar-refractivity contribution is 5.99. The molecule has 55 heavy (non-hydrogen) atoms. The minimum Gasteiger partial charge on any atom is -0.509 e. The standard InChI is InChI=1S/C47H61N3O5/c1-3-8-39-45-23-32-16-17-46(45,47(39)35-13-6-11-30(12-7-18-48)40(35)43(52)55-47)42(54-44(45)53)38(51)22-37(29-9-4-5-10-29)49-24-28-21-33(26-49)36-15-14-31-19-27(2)20-34(32)41(31)50(36)25-28/h6,11,13,23,27-29,33-34,36-37,39,51H,3-5,7-10,12,14-22,24-26,48H2,1-2H3.